The zero-order chi connectivity index (χ0) is 23.8. The number of hydrogen-bond acceptors (Lipinski definition) is 5. The molecular weight excluding hydrogens is 550 g/mol. The fraction of sp³-hybridized carbons (Fsp3) is 0.154. The minimum Gasteiger partial charge on any atom is -0.462 e. The summed E-state index contributed by atoms with van der Waals surface area (Å²) in [6.07, 6.45) is 1.49. The molecule has 170 valence electrons. The average molecular weight is 573 g/mol. The van der Waals surface area contributed by atoms with Crippen LogP contribution in [-0.2, 0) is 19.1 Å². The molecule has 0 radical (unpaired) electrons. The van der Waals surface area contributed by atoms with Gasteiger partial charge in [0.2, 0.25) is 0 Å². The fourth-order valence-electron chi connectivity index (χ4n) is 3.13. The number of hydrogen-bond donors (Lipinski definition) is 0. The van der Waals surface area contributed by atoms with Crippen LogP contribution in [0.25, 0.3) is 6.08 Å². The Hall–Kier alpha value is -2.90. The highest BCUT2D eigenvalue weighted by Gasteiger charge is 2.21. The summed E-state index contributed by atoms with van der Waals surface area (Å²) in [6.45, 7) is 3.72. The summed E-state index contributed by atoms with van der Waals surface area (Å²) in [7, 11) is 0. The number of halogens is 2. The molecule has 3 aromatic rings. The first-order valence-electron chi connectivity index (χ1n) is 10.4. The fourth-order valence-corrected chi connectivity index (χ4v) is 3.66. The molecule has 33 heavy (non-hydrogen) atoms. The van der Waals surface area contributed by atoms with Crippen molar-refractivity contribution in [3.05, 3.63) is 92.9 Å². The number of benzene rings is 3. The first-order valence-corrected chi connectivity index (χ1v) is 12.0. The standard InChI is InChI=1S/C26H23Br2NO4/c1-3-32-25(30)24(26(31)33-4-2)17-18-5-11-21(12-6-18)29(22-13-7-19(27)8-14-22)23-15-9-20(28)10-16-23/h5-17H,3-4H2,1-2H3. The Morgan fingerprint density at radius 1 is 0.697 bits per heavy atom. The molecule has 0 unspecified atom stereocenters. The van der Waals surface area contributed by atoms with Crippen molar-refractivity contribution in [1.82, 2.24) is 0 Å². The van der Waals surface area contributed by atoms with Crippen molar-refractivity contribution in [3.8, 4) is 0 Å². The van der Waals surface area contributed by atoms with E-state index in [1.165, 1.54) is 6.08 Å². The lowest BCUT2D eigenvalue weighted by molar-refractivity contribution is -0.146. The molecule has 0 aliphatic heterocycles. The van der Waals surface area contributed by atoms with Gasteiger partial charge in [-0.3, -0.25) is 0 Å². The summed E-state index contributed by atoms with van der Waals surface area (Å²) in [4.78, 5) is 26.6. The molecule has 0 bridgehead atoms. The van der Waals surface area contributed by atoms with Gasteiger partial charge >= 0.3 is 11.9 Å². The van der Waals surface area contributed by atoms with Gasteiger partial charge in [-0.25, -0.2) is 9.59 Å². The van der Waals surface area contributed by atoms with Gasteiger partial charge in [-0.2, -0.15) is 0 Å². The summed E-state index contributed by atoms with van der Waals surface area (Å²) < 4.78 is 12.0. The number of anilines is 3. The Balaban J connectivity index is 1.99. The second-order valence-electron chi connectivity index (χ2n) is 6.88. The molecule has 0 aliphatic carbocycles. The molecule has 0 aromatic heterocycles. The Labute approximate surface area is 210 Å². The number of carbonyl (C=O) groups excluding carboxylic acids is 2. The second-order valence-corrected chi connectivity index (χ2v) is 8.71. The topological polar surface area (TPSA) is 55.8 Å². The molecule has 7 heteroatoms. The Bertz CT molecular complexity index is 1060. The van der Waals surface area contributed by atoms with Crippen LogP contribution >= 0.6 is 31.9 Å². The van der Waals surface area contributed by atoms with Crippen molar-refractivity contribution < 1.29 is 19.1 Å². The van der Waals surface area contributed by atoms with E-state index < -0.39 is 11.9 Å². The van der Waals surface area contributed by atoms with E-state index in [2.05, 4.69) is 36.8 Å². The lowest BCUT2D eigenvalue weighted by Gasteiger charge is -2.25. The highest BCUT2D eigenvalue weighted by atomic mass is 79.9. The molecule has 3 aromatic carbocycles. The minimum absolute atomic E-state index is 0.135. The zero-order valence-corrected chi connectivity index (χ0v) is 21.4. The van der Waals surface area contributed by atoms with E-state index >= 15 is 0 Å². The van der Waals surface area contributed by atoms with Crippen LogP contribution < -0.4 is 4.90 Å². The van der Waals surface area contributed by atoms with Gasteiger partial charge in [-0.05, 0) is 86.2 Å². The number of nitrogens with zero attached hydrogens (tertiary/aromatic N) is 1. The molecule has 0 fully saturated rings. The molecule has 0 saturated heterocycles. The maximum Gasteiger partial charge on any atom is 0.345 e. The van der Waals surface area contributed by atoms with E-state index in [0.717, 1.165) is 26.0 Å². The van der Waals surface area contributed by atoms with Crippen LogP contribution in [0.15, 0.2) is 87.3 Å². The number of rotatable bonds is 8. The predicted octanol–water partition coefficient (Wildman–Crippen LogP) is 7.19. The predicted molar refractivity (Wildman–Crippen MR) is 138 cm³/mol. The summed E-state index contributed by atoms with van der Waals surface area (Å²) in [5.74, 6) is -1.40. The van der Waals surface area contributed by atoms with Crippen LogP contribution in [0.3, 0.4) is 0 Å². The maximum absolute atomic E-state index is 12.3. The van der Waals surface area contributed by atoms with Crippen LogP contribution in [-0.4, -0.2) is 25.2 Å². The van der Waals surface area contributed by atoms with Crippen molar-refractivity contribution in [3.63, 3.8) is 0 Å². The van der Waals surface area contributed by atoms with E-state index in [0.29, 0.717) is 5.56 Å². The molecule has 5 nitrogen and oxygen atoms in total. The van der Waals surface area contributed by atoms with Crippen molar-refractivity contribution in [1.29, 1.82) is 0 Å². The monoisotopic (exact) mass is 571 g/mol. The molecule has 0 saturated carbocycles. The van der Waals surface area contributed by atoms with E-state index in [1.54, 1.807) is 13.8 Å². The molecule has 0 aliphatic rings. The third-order valence-electron chi connectivity index (χ3n) is 4.62. The van der Waals surface area contributed by atoms with Gasteiger partial charge in [0.1, 0.15) is 5.57 Å². The van der Waals surface area contributed by atoms with Crippen LogP contribution in [0.5, 0.6) is 0 Å². The quantitative estimate of drug-likeness (QED) is 0.124. The van der Waals surface area contributed by atoms with Gasteiger partial charge in [0.05, 0.1) is 13.2 Å². The molecule has 0 N–H and O–H groups in total. The van der Waals surface area contributed by atoms with E-state index in [4.69, 9.17) is 9.47 Å². The van der Waals surface area contributed by atoms with Crippen LogP contribution in [0.4, 0.5) is 17.1 Å². The average Bonchev–Trinajstić information content (AvgIpc) is 2.81. The van der Waals surface area contributed by atoms with E-state index in [-0.39, 0.29) is 18.8 Å². The van der Waals surface area contributed by atoms with Gasteiger partial charge in [-0.15, -0.1) is 0 Å². The minimum atomic E-state index is -0.702. The van der Waals surface area contributed by atoms with Gasteiger partial charge in [-0.1, -0.05) is 44.0 Å². The SMILES string of the molecule is CCOC(=O)C(=Cc1ccc(N(c2ccc(Br)cc2)c2ccc(Br)cc2)cc1)C(=O)OCC. The molecule has 0 atom stereocenters. The molecule has 0 amide bonds. The summed E-state index contributed by atoms with van der Waals surface area (Å²) in [6, 6.07) is 23.6. The molecule has 0 heterocycles. The van der Waals surface area contributed by atoms with Gasteiger partial charge in [0, 0.05) is 26.0 Å². The Kier molecular flexibility index (Phi) is 8.86. The normalized spacial score (nSPS) is 10.3. The van der Waals surface area contributed by atoms with E-state index in [9.17, 15) is 9.59 Å². The second kappa shape index (κ2) is 11.8. The van der Waals surface area contributed by atoms with Gasteiger partial charge in [0.25, 0.3) is 0 Å². The van der Waals surface area contributed by atoms with Gasteiger partial charge in [0.15, 0.2) is 0 Å². The molecule has 0 spiro atoms. The van der Waals surface area contributed by atoms with Crippen molar-refractivity contribution in [2.24, 2.45) is 0 Å². The summed E-state index contributed by atoms with van der Waals surface area (Å²) in [5.41, 5.74) is 3.45. The smallest absolute Gasteiger partial charge is 0.345 e. The lowest BCUT2D eigenvalue weighted by Crippen LogP contribution is -2.18. The number of esters is 2. The molecule has 3 rings (SSSR count). The highest BCUT2D eigenvalue weighted by Crippen LogP contribution is 2.35. The maximum atomic E-state index is 12.3. The number of ether oxygens (including phenoxy) is 2. The third kappa shape index (κ3) is 6.55. The summed E-state index contributed by atoms with van der Waals surface area (Å²) >= 11 is 6.98. The summed E-state index contributed by atoms with van der Waals surface area (Å²) in [5, 5.41) is 0. The highest BCUT2D eigenvalue weighted by molar-refractivity contribution is 9.10. The largest absolute Gasteiger partial charge is 0.462 e. The van der Waals surface area contributed by atoms with E-state index in [1.807, 2.05) is 72.8 Å². The van der Waals surface area contributed by atoms with Crippen molar-refractivity contribution >= 4 is 66.9 Å². The first-order chi connectivity index (χ1) is 15.9. The lowest BCUT2D eigenvalue weighted by atomic mass is 10.1. The van der Waals surface area contributed by atoms with Crippen LogP contribution in [0.1, 0.15) is 19.4 Å². The first kappa shape index (κ1) is 24.7. The Morgan fingerprint density at radius 2 is 1.06 bits per heavy atom. The zero-order valence-electron chi connectivity index (χ0n) is 18.3. The van der Waals surface area contributed by atoms with Crippen molar-refractivity contribution in [2.45, 2.75) is 13.8 Å². The van der Waals surface area contributed by atoms with Crippen molar-refractivity contribution in [2.75, 3.05) is 18.1 Å². The van der Waals surface area contributed by atoms with Crippen LogP contribution in [0.2, 0.25) is 0 Å². The van der Waals surface area contributed by atoms with Gasteiger partial charge < -0.3 is 14.4 Å². The molecular formula is C26H23Br2NO4. The number of carbonyl (C=O) groups is 2. The Morgan fingerprint density at radius 3 is 1.42 bits per heavy atom. The van der Waals surface area contributed by atoms with Crippen LogP contribution in [0, 0.1) is 0 Å². The third-order valence-corrected chi connectivity index (χ3v) is 5.68.